The van der Waals surface area contributed by atoms with Gasteiger partial charge in [-0.25, -0.2) is 0 Å². The Bertz CT molecular complexity index is 352. The Morgan fingerprint density at radius 1 is 1.25 bits per heavy atom. The van der Waals surface area contributed by atoms with Crippen molar-refractivity contribution < 1.29 is 4.74 Å². The molecule has 1 aromatic carbocycles. The molecule has 0 radical (unpaired) electrons. The SMILES string of the molecule is ClC1CCCC1CC1Cc2ccccc2O1. The highest BCUT2D eigenvalue weighted by atomic mass is 35.5. The lowest BCUT2D eigenvalue weighted by Crippen LogP contribution is -2.20. The van der Waals surface area contributed by atoms with E-state index in [-0.39, 0.29) is 0 Å². The first-order chi connectivity index (χ1) is 7.83. The summed E-state index contributed by atoms with van der Waals surface area (Å²) in [4.78, 5) is 0. The first-order valence-electron chi connectivity index (χ1n) is 6.21. The Hall–Kier alpha value is -0.690. The number of hydrogen-bond acceptors (Lipinski definition) is 1. The van der Waals surface area contributed by atoms with Crippen LogP contribution in [0.5, 0.6) is 5.75 Å². The monoisotopic (exact) mass is 236 g/mol. The maximum atomic E-state index is 6.31. The lowest BCUT2D eigenvalue weighted by atomic mass is 9.97. The zero-order chi connectivity index (χ0) is 11.0. The summed E-state index contributed by atoms with van der Waals surface area (Å²) < 4.78 is 5.96. The molecule has 3 rings (SSSR count). The summed E-state index contributed by atoms with van der Waals surface area (Å²) in [7, 11) is 0. The van der Waals surface area contributed by atoms with Crippen LogP contribution >= 0.6 is 11.6 Å². The zero-order valence-corrected chi connectivity index (χ0v) is 10.1. The average Bonchev–Trinajstić information content (AvgIpc) is 2.85. The molecule has 1 heterocycles. The molecule has 1 nitrogen and oxygen atoms in total. The van der Waals surface area contributed by atoms with Crippen molar-refractivity contribution in [2.75, 3.05) is 0 Å². The van der Waals surface area contributed by atoms with Crippen molar-refractivity contribution in [3.05, 3.63) is 29.8 Å². The van der Waals surface area contributed by atoms with Crippen LogP contribution in [0.4, 0.5) is 0 Å². The van der Waals surface area contributed by atoms with Gasteiger partial charge in [0.1, 0.15) is 11.9 Å². The van der Waals surface area contributed by atoms with Gasteiger partial charge >= 0.3 is 0 Å². The lowest BCUT2D eigenvalue weighted by molar-refractivity contribution is 0.195. The average molecular weight is 237 g/mol. The molecule has 0 aromatic heterocycles. The molecule has 2 heteroatoms. The summed E-state index contributed by atoms with van der Waals surface area (Å²) in [6, 6.07) is 8.37. The fourth-order valence-electron chi connectivity index (χ4n) is 2.98. The summed E-state index contributed by atoms with van der Waals surface area (Å²) in [5.74, 6) is 1.75. The van der Waals surface area contributed by atoms with Crippen LogP contribution in [0.3, 0.4) is 0 Å². The van der Waals surface area contributed by atoms with E-state index >= 15 is 0 Å². The van der Waals surface area contributed by atoms with Crippen molar-refractivity contribution in [2.24, 2.45) is 5.92 Å². The molecule has 86 valence electrons. The number of hydrogen-bond donors (Lipinski definition) is 0. The van der Waals surface area contributed by atoms with Crippen molar-refractivity contribution in [2.45, 2.75) is 43.6 Å². The summed E-state index contributed by atoms with van der Waals surface area (Å²) in [5, 5.41) is 0.382. The molecule has 1 aliphatic heterocycles. The minimum absolute atomic E-state index is 0.363. The first kappa shape index (κ1) is 10.5. The van der Waals surface area contributed by atoms with E-state index in [1.54, 1.807) is 0 Å². The zero-order valence-electron chi connectivity index (χ0n) is 9.36. The third-order valence-corrected chi connectivity index (χ3v) is 4.42. The number of rotatable bonds is 2. The van der Waals surface area contributed by atoms with E-state index in [1.165, 1.54) is 24.8 Å². The normalized spacial score (nSPS) is 32.4. The molecule has 0 N–H and O–H groups in total. The van der Waals surface area contributed by atoms with E-state index in [0.717, 1.165) is 18.6 Å². The number of benzene rings is 1. The fraction of sp³-hybridized carbons (Fsp3) is 0.571. The van der Waals surface area contributed by atoms with Crippen molar-refractivity contribution in [3.8, 4) is 5.75 Å². The van der Waals surface area contributed by atoms with Gasteiger partial charge in [-0.05, 0) is 36.8 Å². The molecular formula is C14H17ClO. The molecule has 16 heavy (non-hydrogen) atoms. The van der Waals surface area contributed by atoms with Gasteiger partial charge in [-0.1, -0.05) is 24.6 Å². The largest absolute Gasteiger partial charge is 0.490 e. The van der Waals surface area contributed by atoms with Crippen molar-refractivity contribution >= 4 is 11.6 Å². The molecule has 1 saturated carbocycles. The number of para-hydroxylation sites is 1. The third-order valence-electron chi connectivity index (χ3n) is 3.85. The molecule has 1 fully saturated rings. The quantitative estimate of drug-likeness (QED) is 0.710. The van der Waals surface area contributed by atoms with Gasteiger partial charge in [0, 0.05) is 11.8 Å². The van der Waals surface area contributed by atoms with Crippen LogP contribution in [0.2, 0.25) is 0 Å². The van der Waals surface area contributed by atoms with Crippen LogP contribution in [0.15, 0.2) is 24.3 Å². The Kier molecular flexibility index (Phi) is 2.81. The number of ether oxygens (including phenoxy) is 1. The van der Waals surface area contributed by atoms with Crippen LogP contribution in [0, 0.1) is 5.92 Å². The molecule has 1 aromatic rings. The van der Waals surface area contributed by atoms with Crippen molar-refractivity contribution in [1.82, 2.24) is 0 Å². The molecule has 0 spiro atoms. The summed E-state index contributed by atoms with van der Waals surface area (Å²) in [6.45, 7) is 0. The fourth-order valence-corrected chi connectivity index (χ4v) is 3.36. The van der Waals surface area contributed by atoms with E-state index in [4.69, 9.17) is 16.3 Å². The second kappa shape index (κ2) is 4.29. The Morgan fingerprint density at radius 2 is 2.12 bits per heavy atom. The number of fused-ring (bicyclic) bond motifs is 1. The highest BCUT2D eigenvalue weighted by molar-refractivity contribution is 6.20. The second-order valence-corrected chi connectivity index (χ2v) is 5.55. The highest BCUT2D eigenvalue weighted by Crippen LogP contribution is 2.37. The maximum Gasteiger partial charge on any atom is 0.123 e. The Morgan fingerprint density at radius 3 is 2.88 bits per heavy atom. The lowest BCUT2D eigenvalue weighted by Gasteiger charge is -2.18. The predicted molar refractivity (Wildman–Crippen MR) is 66.2 cm³/mol. The maximum absolute atomic E-state index is 6.31. The predicted octanol–water partition coefficient (Wildman–Crippen LogP) is 3.79. The van der Waals surface area contributed by atoms with Gasteiger partial charge in [0.25, 0.3) is 0 Å². The van der Waals surface area contributed by atoms with E-state index < -0.39 is 0 Å². The minimum Gasteiger partial charge on any atom is -0.490 e. The molecule has 0 amide bonds. The third kappa shape index (κ3) is 1.93. The van der Waals surface area contributed by atoms with Gasteiger partial charge in [-0.2, -0.15) is 0 Å². The van der Waals surface area contributed by atoms with E-state index in [1.807, 2.05) is 6.07 Å². The van der Waals surface area contributed by atoms with Crippen LogP contribution in [-0.4, -0.2) is 11.5 Å². The molecule has 0 bridgehead atoms. The van der Waals surface area contributed by atoms with Gasteiger partial charge < -0.3 is 4.74 Å². The molecule has 3 atom stereocenters. The summed E-state index contributed by atoms with van der Waals surface area (Å²) in [6.07, 6.45) is 6.32. The van der Waals surface area contributed by atoms with Gasteiger partial charge in [0.15, 0.2) is 0 Å². The van der Waals surface area contributed by atoms with Gasteiger partial charge in [-0.3, -0.25) is 0 Å². The molecule has 0 saturated heterocycles. The van der Waals surface area contributed by atoms with Crippen LogP contribution in [-0.2, 0) is 6.42 Å². The summed E-state index contributed by atoms with van der Waals surface area (Å²) >= 11 is 6.31. The van der Waals surface area contributed by atoms with E-state index in [9.17, 15) is 0 Å². The van der Waals surface area contributed by atoms with Crippen molar-refractivity contribution in [3.63, 3.8) is 0 Å². The standard InChI is InChI=1S/C14H17ClO/c15-13-6-3-5-10(13)8-12-9-11-4-1-2-7-14(11)16-12/h1-2,4,7,10,12-13H,3,5-6,8-9H2. The van der Waals surface area contributed by atoms with E-state index in [0.29, 0.717) is 17.4 Å². The first-order valence-corrected chi connectivity index (χ1v) is 6.65. The van der Waals surface area contributed by atoms with Crippen LogP contribution in [0.1, 0.15) is 31.2 Å². The van der Waals surface area contributed by atoms with Crippen LogP contribution in [0.25, 0.3) is 0 Å². The van der Waals surface area contributed by atoms with Gasteiger partial charge in [0.05, 0.1) is 0 Å². The van der Waals surface area contributed by atoms with E-state index in [2.05, 4.69) is 18.2 Å². The smallest absolute Gasteiger partial charge is 0.123 e. The molecule has 2 aliphatic rings. The molecule has 3 unspecified atom stereocenters. The highest BCUT2D eigenvalue weighted by Gasteiger charge is 2.31. The van der Waals surface area contributed by atoms with Crippen molar-refractivity contribution in [1.29, 1.82) is 0 Å². The Balaban J connectivity index is 1.63. The molecular weight excluding hydrogens is 220 g/mol. The number of alkyl halides is 1. The van der Waals surface area contributed by atoms with Gasteiger partial charge in [0.2, 0.25) is 0 Å². The molecule has 1 aliphatic carbocycles. The second-order valence-electron chi connectivity index (χ2n) is 4.99. The number of halogens is 1. The summed E-state index contributed by atoms with van der Waals surface area (Å²) in [5.41, 5.74) is 1.36. The topological polar surface area (TPSA) is 9.23 Å². The van der Waals surface area contributed by atoms with Crippen LogP contribution < -0.4 is 4.74 Å². The Labute approximate surface area is 102 Å². The minimum atomic E-state index is 0.363. The van der Waals surface area contributed by atoms with Gasteiger partial charge in [-0.15, -0.1) is 11.6 Å².